The summed E-state index contributed by atoms with van der Waals surface area (Å²) < 4.78 is 10.8. The smallest absolute Gasteiger partial charge is 0.417 e. The molecule has 1 aliphatic heterocycles. The standard InChI is InChI=1S/C25H30N2O4/c1-17-9-12-20(13-10-17)31-25(29)26-19-11-14-21(23(16-19)30-2)24(28)27-15-5-7-18-6-3-4-8-22(18)27/h9-14,16,18,22H,3-8,15H2,1-2H3,(H,26,29)/t18-,22+/m0/s1. The van der Waals surface area contributed by atoms with Gasteiger partial charge in [-0.25, -0.2) is 4.79 Å². The van der Waals surface area contributed by atoms with E-state index in [0.29, 0.717) is 34.7 Å². The summed E-state index contributed by atoms with van der Waals surface area (Å²) in [6.07, 6.45) is 6.45. The number of rotatable bonds is 4. The Hall–Kier alpha value is -3.02. The average molecular weight is 423 g/mol. The van der Waals surface area contributed by atoms with Crippen molar-refractivity contribution < 1.29 is 19.1 Å². The van der Waals surface area contributed by atoms with Gasteiger partial charge in [-0.05, 0) is 62.8 Å². The summed E-state index contributed by atoms with van der Waals surface area (Å²) in [6.45, 7) is 2.77. The van der Waals surface area contributed by atoms with E-state index in [0.717, 1.165) is 24.9 Å². The minimum Gasteiger partial charge on any atom is -0.496 e. The molecule has 0 radical (unpaired) electrons. The Morgan fingerprint density at radius 3 is 2.52 bits per heavy atom. The Morgan fingerprint density at radius 1 is 1.00 bits per heavy atom. The maximum absolute atomic E-state index is 13.4. The molecule has 2 aromatic rings. The summed E-state index contributed by atoms with van der Waals surface area (Å²) in [4.78, 5) is 27.7. The number of hydrogen-bond donors (Lipinski definition) is 1. The highest BCUT2D eigenvalue weighted by molar-refractivity contribution is 5.98. The van der Waals surface area contributed by atoms with Gasteiger partial charge in [-0.15, -0.1) is 0 Å². The molecule has 6 nitrogen and oxygen atoms in total. The van der Waals surface area contributed by atoms with Crippen molar-refractivity contribution in [1.82, 2.24) is 4.90 Å². The molecule has 164 valence electrons. The summed E-state index contributed by atoms with van der Waals surface area (Å²) in [5.41, 5.74) is 2.14. The molecule has 0 spiro atoms. The summed E-state index contributed by atoms with van der Waals surface area (Å²) in [5, 5.41) is 2.70. The van der Waals surface area contributed by atoms with Crippen molar-refractivity contribution in [3.05, 3.63) is 53.6 Å². The monoisotopic (exact) mass is 422 g/mol. The fourth-order valence-electron chi connectivity index (χ4n) is 4.83. The number of carbonyl (C=O) groups is 2. The molecular formula is C25H30N2O4. The highest BCUT2D eigenvalue weighted by Gasteiger charge is 2.36. The predicted molar refractivity (Wildman–Crippen MR) is 120 cm³/mol. The number of anilines is 1. The van der Waals surface area contributed by atoms with E-state index in [-0.39, 0.29) is 5.91 Å². The van der Waals surface area contributed by atoms with Crippen molar-refractivity contribution in [2.45, 2.75) is 51.5 Å². The van der Waals surface area contributed by atoms with Crippen molar-refractivity contribution in [2.24, 2.45) is 5.92 Å². The van der Waals surface area contributed by atoms with Gasteiger partial charge in [0.15, 0.2) is 0 Å². The topological polar surface area (TPSA) is 67.9 Å². The number of aryl methyl sites for hydroxylation is 1. The van der Waals surface area contributed by atoms with Crippen LogP contribution in [0.4, 0.5) is 10.5 Å². The summed E-state index contributed by atoms with van der Waals surface area (Å²) >= 11 is 0. The zero-order valence-corrected chi connectivity index (χ0v) is 18.2. The Kier molecular flexibility index (Phi) is 6.44. The summed E-state index contributed by atoms with van der Waals surface area (Å²) in [6, 6.07) is 12.7. The Morgan fingerprint density at radius 2 is 1.74 bits per heavy atom. The number of nitrogens with zero attached hydrogens (tertiary/aromatic N) is 1. The molecule has 1 aliphatic carbocycles. The van der Waals surface area contributed by atoms with Crippen molar-refractivity contribution in [3.63, 3.8) is 0 Å². The normalized spacial score (nSPS) is 20.5. The SMILES string of the molecule is COc1cc(NC(=O)Oc2ccc(C)cc2)ccc1C(=O)N1CCC[C@@H]2CCCC[C@H]21. The van der Waals surface area contributed by atoms with Gasteiger partial charge in [0.1, 0.15) is 11.5 Å². The number of methoxy groups -OCH3 is 1. The maximum atomic E-state index is 13.4. The third-order valence-corrected chi connectivity index (χ3v) is 6.41. The third kappa shape index (κ3) is 4.84. The number of ether oxygens (including phenoxy) is 2. The first-order chi connectivity index (χ1) is 15.0. The van der Waals surface area contributed by atoms with E-state index in [1.54, 1.807) is 37.4 Å². The lowest BCUT2D eigenvalue weighted by atomic mass is 9.78. The highest BCUT2D eigenvalue weighted by atomic mass is 16.6. The lowest BCUT2D eigenvalue weighted by Crippen LogP contribution is -2.49. The Balaban J connectivity index is 1.46. The first kappa shape index (κ1) is 21.2. The number of carbonyl (C=O) groups excluding carboxylic acids is 2. The molecule has 4 rings (SSSR count). The van der Waals surface area contributed by atoms with Crippen LogP contribution in [0.2, 0.25) is 0 Å². The van der Waals surface area contributed by atoms with Crippen LogP contribution in [-0.2, 0) is 0 Å². The second-order valence-corrected chi connectivity index (χ2v) is 8.50. The van der Waals surface area contributed by atoms with E-state index in [1.165, 1.54) is 25.7 Å². The largest absolute Gasteiger partial charge is 0.496 e. The summed E-state index contributed by atoms with van der Waals surface area (Å²) in [7, 11) is 1.54. The van der Waals surface area contributed by atoms with Gasteiger partial charge in [-0.3, -0.25) is 10.1 Å². The van der Waals surface area contributed by atoms with Crippen LogP contribution in [0.25, 0.3) is 0 Å². The van der Waals surface area contributed by atoms with Crippen LogP contribution in [0.5, 0.6) is 11.5 Å². The van der Waals surface area contributed by atoms with E-state index < -0.39 is 6.09 Å². The number of likely N-dealkylation sites (tertiary alicyclic amines) is 1. The number of nitrogens with one attached hydrogen (secondary N) is 1. The average Bonchev–Trinajstić information content (AvgIpc) is 2.79. The maximum Gasteiger partial charge on any atom is 0.417 e. The molecule has 1 saturated carbocycles. The molecule has 1 heterocycles. The van der Waals surface area contributed by atoms with Gasteiger partial charge in [-0.2, -0.15) is 0 Å². The van der Waals surface area contributed by atoms with Gasteiger partial charge < -0.3 is 14.4 Å². The van der Waals surface area contributed by atoms with Crippen LogP contribution < -0.4 is 14.8 Å². The van der Waals surface area contributed by atoms with Gasteiger partial charge >= 0.3 is 6.09 Å². The molecule has 2 fully saturated rings. The van der Waals surface area contributed by atoms with Crippen molar-refractivity contribution >= 4 is 17.7 Å². The second-order valence-electron chi connectivity index (χ2n) is 8.50. The molecule has 0 bridgehead atoms. The Bertz CT molecular complexity index is 939. The van der Waals surface area contributed by atoms with Gasteiger partial charge in [0, 0.05) is 24.3 Å². The van der Waals surface area contributed by atoms with Crippen LogP contribution in [-0.4, -0.2) is 36.6 Å². The first-order valence-corrected chi connectivity index (χ1v) is 11.1. The van der Waals surface area contributed by atoms with E-state index >= 15 is 0 Å². The first-order valence-electron chi connectivity index (χ1n) is 11.1. The van der Waals surface area contributed by atoms with Gasteiger partial charge in [-0.1, -0.05) is 30.5 Å². The molecule has 0 aromatic heterocycles. The molecular weight excluding hydrogens is 392 g/mol. The number of piperidine rings is 1. The minimum absolute atomic E-state index is 0.0160. The zero-order valence-electron chi connectivity index (χ0n) is 18.2. The van der Waals surface area contributed by atoms with E-state index in [9.17, 15) is 9.59 Å². The van der Waals surface area contributed by atoms with Crippen LogP contribution >= 0.6 is 0 Å². The molecule has 2 amide bonds. The van der Waals surface area contributed by atoms with E-state index in [4.69, 9.17) is 9.47 Å². The molecule has 1 N–H and O–H groups in total. The number of benzene rings is 2. The van der Waals surface area contributed by atoms with E-state index in [1.807, 2.05) is 24.0 Å². The lowest BCUT2D eigenvalue weighted by molar-refractivity contribution is 0.0388. The minimum atomic E-state index is -0.592. The van der Waals surface area contributed by atoms with Crippen LogP contribution in [0.3, 0.4) is 0 Å². The fraction of sp³-hybridized carbons (Fsp3) is 0.440. The number of amides is 2. The van der Waals surface area contributed by atoms with E-state index in [2.05, 4.69) is 5.32 Å². The van der Waals surface area contributed by atoms with Crippen molar-refractivity contribution in [1.29, 1.82) is 0 Å². The predicted octanol–water partition coefficient (Wildman–Crippen LogP) is 5.41. The molecule has 0 unspecified atom stereocenters. The zero-order chi connectivity index (χ0) is 21.8. The Labute approximate surface area is 183 Å². The van der Waals surface area contributed by atoms with Gasteiger partial charge in [0.05, 0.1) is 12.7 Å². The van der Waals surface area contributed by atoms with Crippen LogP contribution in [0.1, 0.15) is 54.4 Å². The lowest BCUT2D eigenvalue weighted by Gasteiger charge is -2.44. The highest BCUT2D eigenvalue weighted by Crippen LogP contribution is 2.37. The van der Waals surface area contributed by atoms with Crippen molar-refractivity contribution in [2.75, 3.05) is 19.0 Å². The molecule has 2 atom stereocenters. The van der Waals surface area contributed by atoms with Crippen molar-refractivity contribution in [3.8, 4) is 11.5 Å². The number of hydrogen-bond acceptors (Lipinski definition) is 4. The summed E-state index contributed by atoms with van der Waals surface area (Å²) in [5.74, 6) is 1.56. The molecule has 6 heteroatoms. The van der Waals surface area contributed by atoms with Crippen LogP contribution in [0.15, 0.2) is 42.5 Å². The molecule has 2 aromatic carbocycles. The fourth-order valence-corrected chi connectivity index (χ4v) is 4.83. The second kappa shape index (κ2) is 9.41. The van der Waals surface area contributed by atoms with Crippen LogP contribution in [0, 0.1) is 12.8 Å². The quantitative estimate of drug-likeness (QED) is 0.715. The number of fused-ring (bicyclic) bond motifs is 1. The van der Waals surface area contributed by atoms with Gasteiger partial charge in [0.2, 0.25) is 0 Å². The molecule has 31 heavy (non-hydrogen) atoms. The third-order valence-electron chi connectivity index (χ3n) is 6.41. The van der Waals surface area contributed by atoms with Gasteiger partial charge in [0.25, 0.3) is 5.91 Å². The molecule has 2 aliphatic rings. The molecule has 1 saturated heterocycles.